The number of anilines is 2. The molecule has 0 aromatic heterocycles. The molecule has 0 bridgehead atoms. The van der Waals surface area contributed by atoms with Gasteiger partial charge in [0.2, 0.25) is 5.91 Å². The second kappa shape index (κ2) is 11.4. The third-order valence-corrected chi connectivity index (χ3v) is 4.89. The van der Waals surface area contributed by atoms with E-state index >= 15 is 0 Å². The summed E-state index contributed by atoms with van der Waals surface area (Å²) >= 11 is 0. The van der Waals surface area contributed by atoms with Crippen LogP contribution in [0.2, 0.25) is 0 Å². The molecule has 3 aromatic carbocycles. The molecule has 0 aliphatic heterocycles. The number of para-hydroxylation sites is 1. The van der Waals surface area contributed by atoms with Crippen LogP contribution >= 0.6 is 0 Å². The van der Waals surface area contributed by atoms with Gasteiger partial charge in [-0.3, -0.25) is 14.4 Å². The number of amides is 2. The van der Waals surface area contributed by atoms with Crippen LogP contribution in [0, 0.1) is 0 Å². The highest BCUT2D eigenvalue weighted by Gasteiger charge is 2.14. The first-order valence-electron chi connectivity index (χ1n) is 10.6. The highest BCUT2D eigenvalue weighted by Crippen LogP contribution is 2.19. The SMILES string of the molecule is CC(=O)c1ccc(OCCCC(=O)Nc2ccccc2C(=O)Nc2cccc(C(=O)O)c2)cc1. The molecular weight excluding hydrogens is 436 g/mol. The lowest BCUT2D eigenvalue weighted by Crippen LogP contribution is -2.18. The van der Waals surface area contributed by atoms with E-state index in [0.29, 0.717) is 35.7 Å². The summed E-state index contributed by atoms with van der Waals surface area (Å²) in [6, 6.07) is 19.2. The molecule has 3 rings (SSSR count). The van der Waals surface area contributed by atoms with Crippen molar-refractivity contribution in [1.29, 1.82) is 0 Å². The summed E-state index contributed by atoms with van der Waals surface area (Å²) in [5.74, 6) is -1.26. The third kappa shape index (κ3) is 6.77. The van der Waals surface area contributed by atoms with Gasteiger partial charge in [0.1, 0.15) is 5.75 Å². The van der Waals surface area contributed by atoms with Crippen molar-refractivity contribution in [3.63, 3.8) is 0 Å². The van der Waals surface area contributed by atoms with Crippen molar-refractivity contribution in [1.82, 2.24) is 0 Å². The first kappa shape index (κ1) is 24.2. The molecule has 0 heterocycles. The second-order valence-corrected chi connectivity index (χ2v) is 7.47. The average Bonchev–Trinajstić information content (AvgIpc) is 2.82. The van der Waals surface area contributed by atoms with Crippen molar-refractivity contribution in [3.05, 3.63) is 89.5 Å². The van der Waals surface area contributed by atoms with Crippen LogP contribution in [0.1, 0.15) is 50.8 Å². The predicted molar refractivity (Wildman–Crippen MR) is 128 cm³/mol. The van der Waals surface area contributed by atoms with Crippen molar-refractivity contribution in [2.24, 2.45) is 0 Å². The molecule has 0 atom stereocenters. The first-order valence-corrected chi connectivity index (χ1v) is 10.6. The van der Waals surface area contributed by atoms with E-state index in [0.717, 1.165) is 0 Å². The van der Waals surface area contributed by atoms with Crippen molar-refractivity contribution in [2.45, 2.75) is 19.8 Å². The van der Waals surface area contributed by atoms with Gasteiger partial charge < -0.3 is 20.5 Å². The number of carbonyl (C=O) groups is 4. The highest BCUT2D eigenvalue weighted by atomic mass is 16.5. The zero-order chi connectivity index (χ0) is 24.5. The van der Waals surface area contributed by atoms with E-state index in [9.17, 15) is 19.2 Å². The van der Waals surface area contributed by atoms with Crippen molar-refractivity contribution < 1.29 is 29.0 Å². The molecule has 0 unspecified atom stereocenters. The minimum Gasteiger partial charge on any atom is -0.494 e. The molecule has 0 saturated carbocycles. The molecule has 3 aromatic rings. The zero-order valence-corrected chi connectivity index (χ0v) is 18.5. The fourth-order valence-electron chi connectivity index (χ4n) is 3.14. The molecule has 3 N–H and O–H groups in total. The van der Waals surface area contributed by atoms with Gasteiger partial charge >= 0.3 is 5.97 Å². The van der Waals surface area contributed by atoms with E-state index in [-0.39, 0.29) is 29.2 Å². The average molecular weight is 460 g/mol. The summed E-state index contributed by atoms with van der Waals surface area (Å²) in [6.45, 7) is 1.81. The largest absolute Gasteiger partial charge is 0.494 e. The Morgan fingerprint density at radius 3 is 2.29 bits per heavy atom. The van der Waals surface area contributed by atoms with Gasteiger partial charge in [-0.15, -0.1) is 0 Å². The lowest BCUT2D eigenvalue weighted by molar-refractivity contribution is -0.116. The van der Waals surface area contributed by atoms with E-state index in [1.165, 1.54) is 25.1 Å². The minimum atomic E-state index is -1.10. The van der Waals surface area contributed by atoms with Crippen LogP contribution in [0.5, 0.6) is 5.75 Å². The Kier molecular flexibility index (Phi) is 8.12. The number of carboxylic acid groups (broad SMARTS) is 1. The van der Waals surface area contributed by atoms with Gasteiger partial charge in [0, 0.05) is 17.7 Å². The molecule has 8 heteroatoms. The summed E-state index contributed by atoms with van der Waals surface area (Å²) in [4.78, 5) is 47.6. The van der Waals surface area contributed by atoms with Crippen LogP contribution in [-0.2, 0) is 4.79 Å². The van der Waals surface area contributed by atoms with Gasteiger partial charge in [-0.05, 0) is 67.9 Å². The van der Waals surface area contributed by atoms with Crippen LogP contribution in [0.4, 0.5) is 11.4 Å². The Hall–Kier alpha value is -4.46. The Morgan fingerprint density at radius 2 is 1.59 bits per heavy atom. The van der Waals surface area contributed by atoms with Crippen LogP contribution < -0.4 is 15.4 Å². The van der Waals surface area contributed by atoms with Crippen LogP contribution in [-0.4, -0.2) is 35.3 Å². The topological polar surface area (TPSA) is 122 Å². The summed E-state index contributed by atoms with van der Waals surface area (Å²) in [6.07, 6.45) is 0.638. The molecule has 0 saturated heterocycles. The third-order valence-electron chi connectivity index (χ3n) is 4.89. The maximum Gasteiger partial charge on any atom is 0.335 e. The van der Waals surface area contributed by atoms with Crippen LogP contribution in [0.15, 0.2) is 72.8 Å². The molecular formula is C26H24N2O6. The van der Waals surface area contributed by atoms with Crippen LogP contribution in [0.3, 0.4) is 0 Å². The van der Waals surface area contributed by atoms with Crippen LogP contribution in [0.25, 0.3) is 0 Å². The van der Waals surface area contributed by atoms with Crippen molar-refractivity contribution in [2.75, 3.05) is 17.2 Å². The second-order valence-electron chi connectivity index (χ2n) is 7.47. The predicted octanol–water partition coefficient (Wildman–Crippen LogP) is 4.64. The van der Waals surface area contributed by atoms with Crippen molar-refractivity contribution >= 4 is 34.9 Å². The summed E-state index contributed by atoms with van der Waals surface area (Å²) in [7, 11) is 0. The molecule has 0 aliphatic rings. The Labute approximate surface area is 196 Å². The molecule has 0 spiro atoms. The normalized spacial score (nSPS) is 10.3. The minimum absolute atomic E-state index is 0.0223. The molecule has 174 valence electrons. The number of carboxylic acids is 1. The van der Waals surface area contributed by atoms with Gasteiger partial charge in [0.05, 0.1) is 23.4 Å². The van der Waals surface area contributed by atoms with E-state index < -0.39 is 11.9 Å². The van der Waals surface area contributed by atoms with Gasteiger partial charge in [0.15, 0.2) is 5.78 Å². The summed E-state index contributed by atoms with van der Waals surface area (Å²) in [5, 5.41) is 14.5. The number of rotatable bonds is 10. The molecule has 0 radical (unpaired) electrons. The number of hydrogen-bond acceptors (Lipinski definition) is 5. The number of hydrogen-bond donors (Lipinski definition) is 3. The Morgan fingerprint density at radius 1 is 0.853 bits per heavy atom. The van der Waals surface area contributed by atoms with Gasteiger partial charge in [-0.1, -0.05) is 18.2 Å². The van der Waals surface area contributed by atoms with E-state index in [4.69, 9.17) is 9.84 Å². The lowest BCUT2D eigenvalue weighted by atomic mass is 10.1. The highest BCUT2D eigenvalue weighted by molar-refractivity contribution is 6.10. The summed E-state index contributed by atoms with van der Waals surface area (Å²) < 4.78 is 5.60. The number of aromatic carboxylic acids is 1. The van der Waals surface area contributed by atoms with E-state index in [1.807, 2.05) is 0 Å². The number of ether oxygens (including phenoxy) is 1. The van der Waals surface area contributed by atoms with Crippen molar-refractivity contribution in [3.8, 4) is 5.75 Å². The lowest BCUT2D eigenvalue weighted by Gasteiger charge is -2.12. The fraction of sp³-hybridized carbons (Fsp3) is 0.154. The Balaban J connectivity index is 1.53. The first-order chi connectivity index (χ1) is 16.3. The van der Waals surface area contributed by atoms with E-state index in [1.54, 1.807) is 54.6 Å². The van der Waals surface area contributed by atoms with E-state index in [2.05, 4.69) is 10.6 Å². The molecule has 2 amide bonds. The number of carbonyl (C=O) groups excluding carboxylic acids is 3. The Bertz CT molecular complexity index is 1200. The maximum atomic E-state index is 12.7. The number of benzene rings is 3. The molecule has 8 nitrogen and oxygen atoms in total. The fourth-order valence-corrected chi connectivity index (χ4v) is 3.14. The number of nitrogens with one attached hydrogen (secondary N) is 2. The maximum absolute atomic E-state index is 12.7. The zero-order valence-electron chi connectivity index (χ0n) is 18.5. The number of ketones is 1. The quantitative estimate of drug-likeness (QED) is 0.299. The summed E-state index contributed by atoms with van der Waals surface area (Å²) in [5.41, 5.74) is 1.58. The van der Waals surface area contributed by atoms with Gasteiger partial charge in [-0.2, -0.15) is 0 Å². The molecule has 34 heavy (non-hydrogen) atoms. The van der Waals surface area contributed by atoms with Gasteiger partial charge in [-0.25, -0.2) is 4.79 Å². The molecule has 0 fully saturated rings. The monoisotopic (exact) mass is 460 g/mol. The molecule has 0 aliphatic carbocycles. The van der Waals surface area contributed by atoms with Gasteiger partial charge in [0.25, 0.3) is 5.91 Å². The standard InChI is InChI=1S/C26H24N2O6/c1-17(29)18-11-13-21(14-12-18)34-15-5-10-24(30)28-23-9-3-2-8-22(23)25(31)27-20-7-4-6-19(16-20)26(32)33/h2-4,6-9,11-14,16H,5,10,15H2,1H3,(H,27,31)(H,28,30)(H,32,33). The number of Topliss-reactive ketones (excluding diaryl/α,β-unsaturated/α-hetero) is 1. The smallest absolute Gasteiger partial charge is 0.335 e.